The van der Waals surface area contributed by atoms with Crippen molar-refractivity contribution in [2.45, 2.75) is 24.3 Å². The standard InChI is InChI=1S/C11H15BrN2O3S/c1-11(2)8-14(3-4-17-11)18(15,16)10-5-9(12)6-13-7-10/h5-7H,3-4,8H2,1-2H3. The third-order valence-corrected chi connectivity index (χ3v) is 4.95. The van der Waals surface area contributed by atoms with Crippen molar-refractivity contribution in [1.82, 2.24) is 9.29 Å². The van der Waals surface area contributed by atoms with Gasteiger partial charge in [-0.15, -0.1) is 0 Å². The van der Waals surface area contributed by atoms with Crippen LogP contribution in [0, 0.1) is 0 Å². The van der Waals surface area contributed by atoms with Crippen molar-refractivity contribution in [3.8, 4) is 0 Å². The first-order valence-corrected chi connectivity index (χ1v) is 7.79. The Bertz CT molecular complexity index is 545. The number of hydrogen-bond donors (Lipinski definition) is 0. The minimum atomic E-state index is -3.49. The van der Waals surface area contributed by atoms with E-state index in [-0.39, 0.29) is 4.90 Å². The Morgan fingerprint density at radius 2 is 2.17 bits per heavy atom. The molecule has 100 valence electrons. The number of halogens is 1. The van der Waals surface area contributed by atoms with Gasteiger partial charge in [-0.1, -0.05) is 0 Å². The Morgan fingerprint density at radius 3 is 2.78 bits per heavy atom. The molecule has 0 amide bonds. The van der Waals surface area contributed by atoms with Crippen LogP contribution in [0.5, 0.6) is 0 Å². The highest BCUT2D eigenvalue weighted by Crippen LogP contribution is 2.24. The van der Waals surface area contributed by atoms with Gasteiger partial charge in [-0.05, 0) is 35.8 Å². The molecule has 1 saturated heterocycles. The lowest BCUT2D eigenvalue weighted by molar-refractivity contribution is -0.0640. The van der Waals surface area contributed by atoms with Crippen LogP contribution >= 0.6 is 15.9 Å². The predicted molar refractivity (Wildman–Crippen MR) is 70.7 cm³/mol. The van der Waals surface area contributed by atoms with E-state index in [0.29, 0.717) is 24.2 Å². The summed E-state index contributed by atoms with van der Waals surface area (Å²) in [6.45, 7) is 4.90. The van der Waals surface area contributed by atoms with E-state index in [9.17, 15) is 8.42 Å². The quantitative estimate of drug-likeness (QED) is 0.825. The van der Waals surface area contributed by atoms with Crippen LogP contribution in [0.4, 0.5) is 0 Å². The summed E-state index contributed by atoms with van der Waals surface area (Å²) in [4.78, 5) is 4.10. The van der Waals surface area contributed by atoms with Gasteiger partial charge in [0.25, 0.3) is 0 Å². The molecule has 1 fully saturated rings. The number of hydrogen-bond acceptors (Lipinski definition) is 4. The second kappa shape index (κ2) is 4.88. The van der Waals surface area contributed by atoms with Crippen LogP contribution in [0.3, 0.4) is 0 Å². The van der Waals surface area contributed by atoms with E-state index in [0.717, 1.165) is 0 Å². The molecule has 1 aliphatic rings. The lowest BCUT2D eigenvalue weighted by atomic mass is 10.1. The molecule has 0 N–H and O–H groups in total. The van der Waals surface area contributed by atoms with Gasteiger partial charge in [-0.25, -0.2) is 8.42 Å². The summed E-state index contributed by atoms with van der Waals surface area (Å²) < 4.78 is 32.5. The van der Waals surface area contributed by atoms with Gasteiger partial charge in [-0.2, -0.15) is 4.31 Å². The summed E-state index contributed by atoms with van der Waals surface area (Å²) in [7, 11) is -3.49. The van der Waals surface area contributed by atoms with Crippen LogP contribution in [0.2, 0.25) is 0 Å². The Hall–Kier alpha value is -0.500. The van der Waals surface area contributed by atoms with Crippen LogP contribution < -0.4 is 0 Å². The van der Waals surface area contributed by atoms with Gasteiger partial charge >= 0.3 is 0 Å². The highest BCUT2D eigenvalue weighted by molar-refractivity contribution is 9.10. The van der Waals surface area contributed by atoms with Crippen LogP contribution in [-0.2, 0) is 14.8 Å². The zero-order valence-corrected chi connectivity index (χ0v) is 12.7. The minimum absolute atomic E-state index is 0.203. The Labute approximate surface area is 115 Å². The number of nitrogens with zero attached hydrogens (tertiary/aromatic N) is 2. The zero-order valence-electron chi connectivity index (χ0n) is 10.3. The number of aromatic nitrogens is 1. The highest BCUT2D eigenvalue weighted by Gasteiger charge is 2.35. The lowest BCUT2D eigenvalue weighted by Crippen LogP contribution is -2.50. The van der Waals surface area contributed by atoms with Crippen LogP contribution in [0.25, 0.3) is 0 Å². The Kier molecular flexibility index (Phi) is 3.77. The maximum absolute atomic E-state index is 12.4. The van der Waals surface area contributed by atoms with E-state index in [1.54, 1.807) is 12.3 Å². The first-order chi connectivity index (χ1) is 8.31. The summed E-state index contributed by atoms with van der Waals surface area (Å²) in [5.74, 6) is 0. The SMILES string of the molecule is CC1(C)CN(S(=O)(=O)c2cncc(Br)c2)CCO1. The van der Waals surface area contributed by atoms with Gasteiger partial charge in [0.05, 0.1) is 12.2 Å². The molecule has 2 rings (SSSR count). The zero-order chi connectivity index (χ0) is 13.4. The van der Waals surface area contributed by atoms with Crippen molar-refractivity contribution >= 4 is 26.0 Å². The van der Waals surface area contributed by atoms with Gasteiger partial charge in [-0.3, -0.25) is 4.98 Å². The molecule has 0 radical (unpaired) electrons. The second-order valence-corrected chi connectivity index (χ2v) is 7.64. The van der Waals surface area contributed by atoms with E-state index >= 15 is 0 Å². The van der Waals surface area contributed by atoms with Gasteiger partial charge in [0.2, 0.25) is 10.0 Å². The average molecular weight is 335 g/mol. The smallest absolute Gasteiger partial charge is 0.244 e. The van der Waals surface area contributed by atoms with Crippen LogP contribution in [0.1, 0.15) is 13.8 Å². The molecule has 0 spiro atoms. The van der Waals surface area contributed by atoms with Crippen molar-refractivity contribution in [3.63, 3.8) is 0 Å². The Balaban J connectivity index is 2.31. The summed E-state index contributed by atoms with van der Waals surface area (Å²) in [6.07, 6.45) is 2.92. The molecule has 0 saturated carbocycles. The Morgan fingerprint density at radius 1 is 1.44 bits per heavy atom. The molecule has 1 aromatic heterocycles. The van der Waals surface area contributed by atoms with Crippen molar-refractivity contribution < 1.29 is 13.2 Å². The molecule has 0 atom stereocenters. The molecule has 0 bridgehead atoms. The van der Waals surface area contributed by atoms with Crippen molar-refractivity contribution in [3.05, 3.63) is 22.9 Å². The van der Waals surface area contributed by atoms with Gasteiger partial charge in [0.15, 0.2) is 0 Å². The van der Waals surface area contributed by atoms with Crippen LogP contribution in [0.15, 0.2) is 27.8 Å². The maximum Gasteiger partial charge on any atom is 0.244 e. The maximum atomic E-state index is 12.4. The van der Waals surface area contributed by atoms with Crippen molar-refractivity contribution in [2.75, 3.05) is 19.7 Å². The summed E-state index contributed by atoms with van der Waals surface area (Å²) >= 11 is 3.23. The summed E-state index contributed by atoms with van der Waals surface area (Å²) in [5, 5.41) is 0. The molecule has 1 aliphatic heterocycles. The number of pyridine rings is 1. The van der Waals surface area contributed by atoms with Gasteiger partial charge in [0.1, 0.15) is 4.90 Å². The molecule has 0 aromatic carbocycles. The lowest BCUT2D eigenvalue weighted by Gasteiger charge is -2.37. The number of morpholine rings is 1. The van der Waals surface area contributed by atoms with Crippen molar-refractivity contribution in [2.24, 2.45) is 0 Å². The topological polar surface area (TPSA) is 59.5 Å². The van der Waals surface area contributed by atoms with Crippen LogP contribution in [-0.4, -0.2) is 43.0 Å². The molecule has 18 heavy (non-hydrogen) atoms. The number of sulfonamides is 1. The number of ether oxygens (including phenoxy) is 1. The van der Waals surface area contributed by atoms with E-state index in [1.165, 1.54) is 10.5 Å². The molecule has 7 heteroatoms. The van der Waals surface area contributed by atoms with Gasteiger partial charge in [0, 0.05) is 30.0 Å². The minimum Gasteiger partial charge on any atom is -0.373 e. The van der Waals surface area contributed by atoms with E-state index in [1.807, 2.05) is 13.8 Å². The van der Waals surface area contributed by atoms with E-state index in [2.05, 4.69) is 20.9 Å². The fourth-order valence-electron chi connectivity index (χ4n) is 1.86. The predicted octanol–water partition coefficient (Wildman–Crippen LogP) is 1.64. The fourth-order valence-corrected chi connectivity index (χ4v) is 3.94. The van der Waals surface area contributed by atoms with E-state index < -0.39 is 15.6 Å². The second-order valence-electron chi connectivity index (χ2n) is 4.79. The monoisotopic (exact) mass is 334 g/mol. The largest absolute Gasteiger partial charge is 0.373 e. The average Bonchev–Trinajstić information content (AvgIpc) is 2.27. The molecular weight excluding hydrogens is 320 g/mol. The molecule has 5 nitrogen and oxygen atoms in total. The molecular formula is C11H15BrN2O3S. The van der Waals surface area contributed by atoms with Gasteiger partial charge < -0.3 is 4.74 Å². The first-order valence-electron chi connectivity index (χ1n) is 5.56. The molecule has 1 aromatic rings. The first kappa shape index (κ1) is 13.9. The summed E-state index contributed by atoms with van der Waals surface area (Å²) in [5.41, 5.74) is -0.454. The highest BCUT2D eigenvalue weighted by atomic mass is 79.9. The summed E-state index contributed by atoms with van der Waals surface area (Å²) in [6, 6.07) is 1.56. The number of rotatable bonds is 2. The molecule has 0 unspecified atom stereocenters. The van der Waals surface area contributed by atoms with E-state index in [4.69, 9.17) is 4.74 Å². The van der Waals surface area contributed by atoms with Crippen molar-refractivity contribution in [1.29, 1.82) is 0 Å². The molecule has 0 aliphatic carbocycles. The molecule has 2 heterocycles. The third kappa shape index (κ3) is 2.90. The third-order valence-electron chi connectivity index (χ3n) is 2.71. The normalized spacial score (nSPS) is 20.8. The fraction of sp³-hybridized carbons (Fsp3) is 0.545.